The van der Waals surface area contributed by atoms with Gasteiger partial charge >= 0.3 is 5.97 Å². The molecule has 2 aliphatic rings. The van der Waals surface area contributed by atoms with Crippen LogP contribution in [0.2, 0.25) is 0 Å². The summed E-state index contributed by atoms with van der Waals surface area (Å²) in [5, 5.41) is 15.2. The van der Waals surface area contributed by atoms with E-state index in [4.69, 9.17) is 9.41 Å². The molecular weight excluding hydrogens is 508 g/mol. The number of fused-ring (bicyclic) bond motifs is 2. The number of hydrogen-bond acceptors (Lipinski definition) is 4. The molecule has 0 atom stereocenters. The molecule has 0 aromatic heterocycles. The summed E-state index contributed by atoms with van der Waals surface area (Å²) in [4.78, 5) is 17.2. The van der Waals surface area contributed by atoms with Gasteiger partial charge in [-0.2, -0.15) is 0 Å². The Kier molecular flexibility index (Phi) is 6.64. The number of nitrogens with one attached hydrogen (secondary N) is 1. The Morgan fingerprint density at radius 2 is 1.41 bits per heavy atom. The van der Waals surface area contributed by atoms with E-state index in [1.54, 1.807) is 12.1 Å². The van der Waals surface area contributed by atoms with Gasteiger partial charge in [-0.25, -0.2) is 9.79 Å². The number of aromatic carboxylic acids is 1. The molecule has 4 aromatic carbocycles. The maximum absolute atomic E-state index is 12.3. The summed E-state index contributed by atoms with van der Waals surface area (Å²) in [6.07, 6.45) is 0. The second-order valence-electron chi connectivity index (χ2n) is 10.5. The molecule has 202 valence electrons. The Morgan fingerprint density at radius 3 is 2.12 bits per heavy atom. The maximum Gasteiger partial charge on any atom is 0.336 e. The summed E-state index contributed by atoms with van der Waals surface area (Å²) in [6.45, 7) is 8.26. The molecule has 1 heterocycles. The van der Waals surface area contributed by atoms with E-state index in [1.165, 1.54) is 0 Å². The molecule has 5 nitrogen and oxygen atoms in total. The van der Waals surface area contributed by atoms with E-state index in [0.717, 1.165) is 61.2 Å². The molecule has 0 saturated heterocycles. The topological polar surface area (TPSA) is 74.8 Å². The molecule has 0 fully saturated rings. The summed E-state index contributed by atoms with van der Waals surface area (Å²) in [5.74, 6) is -0.345. The Morgan fingerprint density at radius 1 is 0.732 bits per heavy atom. The fraction of sp³-hybridized carbons (Fsp3) is 0.111. The van der Waals surface area contributed by atoms with Crippen molar-refractivity contribution in [3.8, 4) is 22.5 Å². The van der Waals surface area contributed by atoms with Gasteiger partial charge < -0.3 is 14.8 Å². The standard InChI is InChI=1S/C36H30N2O3/c1-21-9-7-10-22(2)34(21)37-25-15-17-29-31(19-25)41-32-20-26(38-35-23(3)11-8-12-24(35)4)16-18-30(32)33(29)27-13-5-6-14-28(27)36(39)40/h5-20,37H,1-4H3,(H,39,40). The number of hydrogen-bond donors (Lipinski definition) is 2. The van der Waals surface area contributed by atoms with Crippen molar-refractivity contribution >= 4 is 34.0 Å². The highest BCUT2D eigenvalue weighted by molar-refractivity contribution is 6.07. The lowest BCUT2D eigenvalue weighted by Crippen LogP contribution is -2.05. The Labute approximate surface area is 238 Å². The predicted octanol–water partition coefficient (Wildman–Crippen LogP) is 9.11. The molecule has 6 rings (SSSR count). The van der Waals surface area contributed by atoms with Crippen molar-refractivity contribution in [2.45, 2.75) is 27.7 Å². The van der Waals surface area contributed by atoms with Gasteiger partial charge in [0, 0.05) is 40.0 Å². The number of carboxylic acids is 1. The number of nitrogens with zero attached hydrogens (tertiary/aromatic N) is 1. The van der Waals surface area contributed by atoms with Gasteiger partial charge in [-0.3, -0.25) is 0 Å². The SMILES string of the molecule is Cc1cccc(C)c1N=c1ccc2c(-c3ccccc3C(=O)O)c3ccc(Nc4c(C)cccc4C)cc3oc-2c1. The summed E-state index contributed by atoms with van der Waals surface area (Å²) >= 11 is 0. The van der Waals surface area contributed by atoms with Crippen LogP contribution in [0.25, 0.3) is 33.4 Å². The molecule has 0 bridgehead atoms. The van der Waals surface area contributed by atoms with Crippen molar-refractivity contribution in [2.75, 3.05) is 5.32 Å². The Hall–Kier alpha value is -5.16. The maximum atomic E-state index is 12.3. The van der Waals surface area contributed by atoms with E-state index in [2.05, 4.69) is 57.3 Å². The van der Waals surface area contributed by atoms with Gasteiger partial charge in [0.1, 0.15) is 11.3 Å². The lowest BCUT2D eigenvalue weighted by atomic mass is 9.90. The Balaban J connectivity index is 1.62. The third kappa shape index (κ3) is 4.87. The van der Waals surface area contributed by atoms with Crippen LogP contribution in [0.1, 0.15) is 32.6 Å². The van der Waals surface area contributed by atoms with Gasteiger partial charge in [0.15, 0.2) is 0 Å². The summed E-state index contributed by atoms with van der Waals surface area (Å²) < 4.78 is 6.54. The van der Waals surface area contributed by atoms with Gasteiger partial charge in [0.2, 0.25) is 0 Å². The number of carboxylic acid groups (broad SMARTS) is 1. The first-order valence-corrected chi connectivity index (χ1v) is 13.6. The van der Waals surface area contributed by atoms with E-state index < -0.39 is 5.97 Å². The van der Waals surface area contributed by atoms with Crippen LogP contribution < -0.4 is 10.7 Å². The van der Waals surface area contributed by atoms with Crippen LogP contribution in [0, 0.1) is 27.7 Å². The fourth-order valence-corrected chi connectivity index (χ4v) is 5.47. The van der Waals surface area contributed by atoms with Crippen LogP contribution >= 0.6 is 0 Å². The number of para-hydroxylation sites is 2. The largest absolute Gasteiger partial charge is 0.478 e. The van der Waals surface area contributed by atoms with Gasteiger partial charge in [-0.05, 0) is 85.8 Å². The molecule has 5 heteroatoms. The zero-order valence-electron chi connectivity index (χ0n) is 23.4. The van der Waals surface area contributed by atoms with E-state index in [-0.39, 0.29) is 5.56 Å². The number of anilines is 2. The smallest absolute Gasteiger partial charge is 0.336 e. The van der Waals surface area contributed by atoms with Gasteiger partial charge in [0.25, 0.3) is 0 Å². The number of benzene rings is 5. The van der Waals surface area contributed by atoms with E-state index in [9.17, 15) is 9.90 Å². The molecule has 1 aliphatic carbocycles. The number of rotatable bonds is 5. The predicted molar refractivity (Wildman–Crippen MR) is 166 cm³/mol. The van der Waals surface area contributed by atoms with Crippen LogP contribution in [0.5, 0.6) is 0 Å². The van der Waals surface area contributed by atoms with Crippen molar-refractivity contribution in [1.29, 1.82) is 0 Å². The quantitative estimate of drug-likeness (QED) is 0.215. The van der Waals surface area contributed by atoms with Crippen molar-refractivity contribution < 1.29 is 14.3 Å². The number of aryl methyl sites for hydroxylation is 4. The average molecular weight is 539 g/mol. The first-order valence-electron chi connectivity index (χ1n) is 13.6. The lowest BCUT2D eigenvalue weighted by Gasteiger charge is -2.18. The monoisotopic (exact) mass is 538 g/mol. The molecular formula is C36H30N2O3. The third-order valence-corrected chi connectivity index (χ3v) is 7.56. The zero-order chi connectivity index (χ0) is 28.7. The molecule has 4 aromatic rings. The third-order valence-electron chi connectivity index (χ3n) is 7.56. The second-order valence-corrected chi connectivity index (χ2v) is 10.5. The van der Waals surface area contributed by atoms with Crippen LogP contribution in [0.15, 0.2) is 106 Å². The summed E-state index contributed by atoms with van der Waals surface area (Å²) in [6, 6.07) is 31.3. The lowest BCUT2D eigenvalue weighted by molar-refractivity contribution is 0.0697. The summed E-state index contributed by atoms with van der Waals surface area (Å²) in [5.41, 5.74) is 10.5. The van der Waals surface area contributed by atoms with Gasteiger partial charge in [-0.15, -0.1) is 0 Å². The first-order chi connectivity index (χ1) is 19.8. The fourth-order valence-electron chi connectivity index (χ4n) is 5.47. The van der Waals surface area contributed by atoms with Crippen molar-refractivity contribution in [2.24, 2.45) is 4.99 Å². The molecule has 1 aliphatic heterocycles. The average Bonchev–Trinajstić information content (AvgIpc) is 2.95. The van der Waals surface area contributed by atoms with Crippen molar-refractivity contribution in [3.05, 3.63) is 130 Å². The highest BCUT2D eigenvalue weighted by atomic mass is 16.4. The van der Waals surface area contributed by atoms with E-state index >= 15 is 0 Å². The van der Waals surface area contributed by atoms with E-state index in [1.807, 2.05) is 60.7 Å². The van der Waals surface area contributed by atoms with Gasteiger partial charge in [0.05, 0.1) is 16.6 Å². The molecule has 0 saturated carbocycles. The minimum Gasteiger partial charge on any atom is -0.478 e. The van der Waals surface area contributed by atoms with Crippen molar-refractivity contribution in [1.82, 2.24) is 0 Å². The molecule has 2 N–H and O–H groups in total. The molecule has 0 amide bonds. The molecule has 0 unspecified atom stereocenters. The zero-order valence-corrected chi connectivity index (χ0v) is 23.4. The minimum atomic E-state index is -0.974. The number of carbonyl (C=O) groups is 1. The van der Waals surface area contributed by atoms with Crippen LogP contribution in [-0.2, 0) is 0 Å². The summed E-state index contributed by atoms with van der Waals surface area (Å²) in [7, 11) is 0. The van der Waals surface area contributed by atoms with Crippen molar-refractivity contribution in [3.63, 3.8) is 0 Å². The molecule has 0 radical (unpaired) electrons. The molecule has 0 spiro atoms. The van der Waals surface area contributed by atoms with Crippen LogP contribution in [0.4, 0.5) is 17.1 Å². The van der Waals surface area contributed by atoms with Crippen LogP contribution in [0.3, 0.4) is 0 Å². The molecule has 41 heavy (non-hydrogen) atoms. The van der Waals surface area contributed by atoms with Gasteiger partial charge in [-0.1, -0.05) is 54.6 Å². The Bertz CT molecular complexity index is 1960. The highest BCUT2D eigenvalue weighted by Gasteiger charge is 2.21. The highest BCUT2D eigenvalue weighted by Crippen LogP contribution is 2.42. The van der Waals surface area contributed by atoms with E-state index in [0.29, 0.717) is 16.9 Å². The second kappa shape index (κ2) is 10.4. The normalized spacial score (nSPS) is 11.8. The first kappa shape index (κ1) is 26.1. The minimum absolute atomic E-state index is 0.239. The van der Waals surface area contributed by atoms with Crippen LogP contribution in [-0.4, -0.2) is 11.1 Å².